The van der Waals surface area contributed by atoms with Gasteiger partial charge in [-0.25, -0.2) is 12.8 Å². The number of sulfonamides is 1. The summed E-state index contributed by atoms with van der Waals surface area (Å²) in [4.78, 5) is 0.117. The molecular formula is C14H20FNO3S. The Morgan fingerprint density at radius 3 is 2.25 bits per heavy atom. The number of piperidine rings is 1. The van der Waals surface area contributed by atoms with Crippen LogP contribution in [0.1, 0.15) is 26.2 Å². The van der Waals surface area contributed by atoms with Crippen molar-refractivity contribution in [2.24, 2.45) is 5.41 Å². The smallest absolute Gasteiger partial charge is 0.243 e. The molecular weight excluding hydrogens is 281 g/mol. The minimum absolute atomic E-state index is 0.0912. The van der Waals surface area contributed by atoms with Crippen LogP contribution in [0.3, 0.4) is 0 Å². The lowest BCUT2D eigenvalue weighted by atomic mass is 9.77. The topological polar surface area (TPSA) is 57.6 Å². The molecule has 1 N–H and O–H groups in total. The SMILES string of the molecule is CCC1(CO)CCN(S(=O)(=O)c2ccc(F)cc2)CC1. The Morgan fingerprint density at radius 2 is 1.80 bits per heavy atom. The van der Waals surface area contributed by atoms with Crippen LogP contribution in [0.5, 0.6) is 0 Å². The van der Waals surface area contributed by atoms with E-state index in [4.69, 9.17) is 0 Å². The molecule has 20 heavy (non-hydrogen) atoms. The third-order valence-corrected chi connectivity index (χ3v) is 6.23. The molecule has 0 radical (unpaired) electrons. The number of benzene rings is 1. The lowest BCUT2D eigenvalue weighted by molar-refractivity contribution is 0.0647. The molecule has 0 saturated carbocycles. The first kappa shape index (κ1) is 15.4. The summed E-state index contributed by atoms with van der Waals surface area (Å²) in [6, 6.07) is 4.89. The predicted octanol–water partition coefficient (Wildman–Crippen LogP) is 2.00. The Hall–Kier alpha value is -0.980. The second-order valence-corrected chi connectivity index (χ2v) is 7.31. The molecule has 1 aliphatic rings. The summed E-state index contributed by atoms with van der Waals surface area (Å²) >= 11 is 0. The average Bonchev–Trinajstić information content (AvgIpc) is 2.47. The molecule has 4 nitrogen and oxygen atoms in total. The maximum atomic E-state index is 12.9. The molecule has 0 aromatic heterocycles. The molecule has 0 spiro atoms. The third kappa shape index (κ3) is 2.87. The van der Waals surface area contributed by atoms with E-state index in [1.165, 1.54) is 16.4 Å². The second kappa shape index (κ2) is 5.79. The summed E-state index contributed by atoms with van der Waals surface area (Å²) in [6.07, 6.45) is 2.15. The Morgan fingerprint density at radius 1 is 1.25 bits per heavy atom. The highest BCUT2D eigenvalue weighted by atomic mass is 32.2. The normalized spacial score (nSPS) is 19.9. The number of aliphatic hydroxyl groups excluding tert-OH is 1. The van der Waals surface area contributed by atoms with Crippen molar-refractivity contribution in [2.75, 3.05) is 19.7 Å². The van der Waals surface area contributed by atoms with Crippen molar-refractivity contribution < 1.29 is 17.9 Å². The fraction of sp³-hybridized carbons (Fsp3) is 0.571. The van der Waals surface area contributed by atoms with E-state index >= 15 is 0 Å². The molecule has 1 aromatic carbocycles. The van der Waals surface area contributed by atoms with E-state index in [2.05, 4.69) is 0 Å². The van der Waals surface area contributed by atoms with Crippen LogP contribution >= 0.6 is 0 Å². The molecule has 6 heteroatoms. The summed E-state index contributed by atoms with van der Waals surface area (Å²) in [7, 11) is -3.56. The van der Waals surface area contributed by atoms with Crippen molar-refractivity contribution in [2.45, 2.75) is 31.1 Å². The van der Waals surface area contributed by atoms with Crippen LogP contribution in [0.2, 0.25) is 0 Å². The maximum absolute atomic E-state index is 12.9. The molecule has 0 unspecified atom stereocenters. The Labute approximate surface area is 119 Å². The van der Waals surface area contributed by atoms with Gasteiger partial charge in [-0.15, -0.1) is 0 Å². The van der Waals surface area contributed by atoms with Crippen LogP contribution in [0, 0.1) is 11.2 Å². The fourth-order valence-corrected chi connectivity index (χ4v) is 4.02. The standard InChI is InChI=1S/C14H20FNO3S/c1-2-14(11-17)7-9-16(10-8-14)20(18,19)13-5-3-12(15)4-6-13/h3-6,17H,2,7-11H2,1H3. The van der Waals surface area contributed by atoms with Gasteiger partial charge in [0.05, 0.1) is 4.90 Å². The van der Waals surface area contributed by atoms with Crippen molar-refractivity contribution in [3.05, 3.63) is 30.1 Å². The molecule has 112 valence electrons. The number of hydrogen-bond acceptors (Lipinski definition) is 3. The molecule has 1 aromatic rings. The summed E-state index contributed by atoms with van der Waals surface area (Å²) in [6.45, 7) is 2.90. The zero-order chi connectivity index (χ0) is 14.8. The Kier molecular flexibility index (Phi) is 4.46. The highest BCUT2D eigenvalue weighted by molar-refractivity contribution is 7.89. The quantitative estimate of drug-likeness (QED) is 0.925. The molecule has 2 rings (SSSR count). The van der Waals surface area contributed by atoms with Crippen LogP contribution in [0.25, 0.3) is 0 Å². The van der Waals surface area contributed by atoms with Crippen LogP contribution in [-0.4, -0.2) is 37.5 Å². The van der Waals surface area contributed by atoms with Gasteiger partial charge in [0, 0.05) is 19.7 Å². The summed E-state index contributed by atoms with van der Waals surface area (Å²) < 4.78 is 39.1. The molecule has 0 atom stereocenters. The largest absolute Gasteiger partial charge is 0.396 e. The van der Waals surface area contributed by atoms with E-state index in [-0.39, 0.29) is 16.9 Å². The van der Waals surface area contributed by atoms with Gasteiger partial charge in [-0.05, 0) is 48.9 Å². The lowest BCUT2D eigenvalue weighted by Crippen LogP contribution is -2.44. The molecule has 0 bridgehead atoms. The van der Waals surface area contributed by atoms with Crippen molar-refractivity contribution in [1.29, 1.82) is 0 Å². The van der Waals surface area contributed by atoms with Gasteiger partial charge in [0.25, 0.3) is 0 Å². The van der Waals surface area contributed by atoms with Gasteiger partial charge in [-0.2, -0.15) is 4.31 Å². The maximum Gasteiger partial charge on any atom is 0.243 e. The van der Waals surface area contributed by atoms with Gasteiger partial charge >= 0.3 is 0 Å². The number of nitrogens with zero attached hydrogens (tertiary/aromatic N) is 1. The first-order chi connectivity index (χ1) is 9.43. The summed E-state index contributed by atoms with van der Waals surface area (Å²) in [5, 5.41) is 9.47. The molecule has 1 fully saturated rings. The van der Waals surface area contributed by atoms with Crippen molar-refractivity contribution >= 4 is 10.0 Å². The zero-order valence-corrected chi connectivity index (χ0v) is 12.4. The predicted molar refractivity (Wildman–Crippen MR) is 74.2 cm³/mol. The third-order valence-electron chi connectivity index (χ3n) is 4.32. The van der Waals surface area contributed by atoms with Crippen LogP contribution in [-0.2, 0) is 10.0 Å². The first-order valence-electron chi connectivity index (χ1n) is 6.80. The van der Waals surface area contributed by atoms with E-state index in [1.54, 1.807) is 0 Å². The summed E-state index contributed by atoms with van der Waals surface area (Å²) in [5.41, 5.74) is -0.158. The monoisotopic (exact) mass is 301 g/mol. The molecule has 1 heterocycles. The number of hydrogen-bond donors (Lipinski definition) is 1. The van der Waals surface area contributed by atoms with Crippen molar-refractivity contribution in [3.63, 3.8) is 0 Å². The van der Waals surface area contributed by atoms with Crippen LogP contribution in [0.4, 0.5) is 4.39 Å². The summed E-state index contributed by atoms with van der Waals surface area (Å²) in [5.74, 6) is -0.451. The fourth-order valence-electron chi connectivity index (χ4n) is 2.58. The van der Waals surface area contributed by atoms with E-state index < -0.39 is 15.8 Å². The number of aliphatic hydroxyl groups is 1. The van der Waals surface area contributed by atoms with E-state index in [9.17, 15) is 17.9 Å². The minimum Gasteiger partial charge on any atom is -0.396 e. The molecule has 1 saturated heterocycles. The van der Waals surface area contributed by atoms with E-state index in [0.717, 1.165) is 18.6 Å². The van der Waals surface area contributed by atoms with Crippen LogP contribution in [0.15, 0.2) is 29.2 Å². The molecule has 0 aliphatic carbocycles. The highest BCUT2D eigenvalue weighted by Gasteiger charge is 2.36. The van der Waals surface area contributed by atoms with Gasteiger partial charge in [-0.3, -0.25) is 0 Å². The number of halogens is 1. The molecule has 1 aliphatic heterocycles. The minimum atomic E-state index is -3.56. The Balaban J connectivity index is 2.15. The molecule has 0 amide bonds. The zero-order valence-electron chi connectivity index (χ0n) is 11.5. The van der Waals surface area contributed by atoms with E-state index in [1.807, 2.05) is 6.92 Å². The van der Waals surface area contributed by atoms with Crippen molar-refractivity contribution in [1.82, 2.24) is 4.31 Å². The lowest BCUT2D eigenvalue weighted by Gasteiger charge is -2.39. The van der Waals surface area contributed by atoms with Gasteiger partial charge in [0.1, 0.15) is 5.82 Å². The van der Waals surface area contributed by atoms with Gasteiger partial charge in [0.15, 0.2) is 0 Å². The highest BCUT2D eigenvalue weighted by Crippen LogP contribution is 2.35. The Bertz CT molecular complexity index is 542. The average molecular weight is 301 g/mol. The van der Waals surface area contributed by atoms with Gasteiger partial charge in [0.2, 0.25) is 10.0 Å². The number of rotatable bonds is 4. The van der Waals surface area contributed by atoms with Crippen LogP contribution < -0.4 is 0 Å². The second-order valence-electron chi connectivity index (χ2n) is 5.37. The van der Waals surface area contributed by atoms with Gasteiger partial charge < -0.3 is 5.11 Å². The first-order valence-corrected chi connectivity index (χ1v) is 8.24. The van der Waals surface area contributed by atoms with Gasteiger partial charge in [-0.1, -0.05) is 6.92 Å². The van der Waals surface area contributed by atoms with Crippen molar-refractivity contribution in [3.8, 4) is 0 Å². The van der Waals surface area contributed by atoms with E-state index in [0.29, 0.717) is 25.9 Å².